The van der Waals surface area contributed by atoms with Crippen molar-refractivity contribution < 1.29 is 14.0 Å². The Labute approximate surface area is 97.6 Å². The zero-order valence-corrected chi connectivity index (χ0v) is 9.15. The van der Waals surface area contributed by atoms with Crippen molar-refractivity contribution in [3.63, 3.8) is 0 Å². The molecular weight excluding hydrogens is 225 g/mol. The van der Waals surface area contributed by atoms with E-state index in [1.807, 2.05) is 0 Å². The van der Waals surface area contributed by atoms with Gasteiger partial charge in [-0.3, -0.25) is 9.59 Å². The maximum absolute atomic E-state index is 12.8. The van der Waals surface area contributed by atoms with E-state index in [-0.39, 0.29) is 24.2 Å². The van der Waals surface area contributed by atoms with E-state index in [4.69, 9.17) is 0 Å². The van der Waals surface area contributed by atoms with Crippen LogP contribution in [0.5, 0.6) is 0 Å². The minimum absolute atomic E-state index is 0.00295. The molecule has 0 saturated carbocycles. The summed E-state index contributed by atoms with van der Waals surface area (Å²) in [6.07, 6.45) is 1.27. The number of hydrogen-bond acceptors (Lipinski definition) is 3. The first-order chi connectivity index (χ1) is 8.15. The Kier molecular flexibility index (Phi) is 3.32. The Bertz CT molecular complexity index is 450. The SMILES string of the molecule is O=C(CN1CCCC1=O)Nc1cccc(F)n1. The zero-order valence-electron chi connectivity index (χ0n) is 9.15. The molecule has 1 aliphatic rings. The Morgan fingerprint density at radius 2 is 2.35 bits per heavy atom. The summed E-state index contributed by atoms with van der Waals surface area (Å²) in [4.78, 5) is 27.8. The van der Waals surface area contributed by atoms with Crippen LogP contribution >= 0.6 is 0 Å². The fourth-order valence-corrected chi connectivity index (χ4v) is 1.70. The average Bonchev–Trinajstić information content (AvgIpc) is 2.64. The van der Waals surface area contributed by atoms with Crippen LogP contribution in [0.2, 0.25) is 0 Å². The molecule has 0 atom stereocenters. The first kappa shape index (κ1) is 11.5. The third-order valence-electron chi connectivity index (χ3n) is 2.49. The van der Waals surface area contributed by atoms with Crippen LogP contribution < -0.4 is 5.32 Å². The van der Waals surface area contributed by atoms with Crippen molar-refractivity contribution in [2.75, 3.05) is 18.4 Å². The van der Waals surface area contributed by atoms with E-state index in [0.717, 1.165) is 6.42 Å². The van der Waals surface area contributed by atoms with Gasteiger partial charge in [-0.2, -0.15) is 4.39 Å². The molecule has 0 spiro atoms. The number of hydrogen-bond donors (Lipinski definition) is 1. The molecule has 1 saturated heterocycles. The van der Waals surface area contributed by atoms with Crippen molar-refractivity contribution >= 4 is 17.6 Å². The second kappa shape index (κ2) is 4.90. The highest BCUT2D eigenvalue weighted by atomic mass is 19.1. The Hall–Kier alpha value is -1.98. The highest BCUT2D eigenvalue weighted by Crippen LogP contribution is 2.09. The second-order valence-electron chi connectivity index (χ2n) is 3.81. The monoisotopic (exact) mass is 237 g/mol. The molecule has 0 unspecified atom stereocenters. The van der Waals surface area contributed by atoms with Crippen LogP contribution in [0.25, 0.3) is 0 Å². The van der Waals surface area contributed by atoms with Crippen LogP contribution in [-0.4, -0.2) is 34.8 Å². The van der Waals surface area contributed by atoms with E-state index in [9.17, 15) is 14.0 Å². The number of anilines is 1. The average molecular weight is 237 g/mol. The molecule has 1 aliphatic heterocycles. The molecule has 2 amide bonds. The fraction of sp³-hybridized carbons (Fsp3) is 0.364. The summed E-state index contributed by atoms with van der Waals surface area (Å²) >= 11 is 0. The van der Waals surface area contributed by atoms with Crippen molar-refractivity contribution in [3.8, 4) is 0 Å². The first-order valence-electron chi connectivity index (χ1n) is 5.35. The summed E-state index contributed by atoms with van der Waals surface area (Å²) in [6.45, 7) is 0.597. The van der Waals surface area contributed by atoms with E-state index >= 15 is 0 Å². The van der Waals surface area contributed by atoms with Gasteiger partial charge < -0.3 is 10.2 Å². The number of amides is 2. The molecule has 2 rings (SSSR count). The summed E-state index contributed by atoms with van der Waals surface area (Å²) in [6, 6.07) is 4.14. The number of nitrogens with zero attached hydrogens (tertiary/aromatic N) is 2. The topological polar surface area (TPSA) is 62.3 Å². The Morgan fingerprint density at radius 1 is 1.53 bits per heavy atom. The van der Waals surface area contributed by atoms with Crippen LogP contribution in [-0.2, 0) is 9.59 Å². The van der Waals surface area contributed by atoms with Gasteiger partial charge in [0.25, 0.3) is 0 Å². The number of nitrogens with one attached hydrogen (secondary N) is 1. The minimum atomic E-state index is -0.653. The molecule has 6 heteroatoms. The van der Waals surface area contributed by atoms with Gasteiger partial charge >= 0.3 is 0 Å². The van der Waals surface area contributed by atoms with Gasteiger partial charge in [0.15, 0.2) is 0 Å². The lowest BCUT2D eigenvalue weighted by Gasteiger charge is -2.14. The summed E-state index contributed by atoms with van der Waals surface area (Å²) in [5.41, 5.74) is 0. The van der Waals surface area contributed by atoms with E-state index < -0.39 is 5.95 Å². The van der Waals surface area contributed by atoms with Crippen molar-refractivity contribution in [1.29, 1.82) is 0 Å². The largest absolute Gasteiger partial charge is 0.333 e. The van der Waals surface area contributed by atoms with Gasteiger partial charge in [-0.25, -0.2) is 4.98 Å². The molecule has 0 aromatic carbocycles. The molecule has 0 aliphatic carbocycles. The van der Waals surface area contributed by atoms with Gasteiger partial charge in [0.2, 0.25) is 17.8 Å². The summed E-state index contributed by atoms with van der Waals surface area (Å²) in [7, 11) is 0. The highest BCUT2D eigenvalue weighted by Gasteiger charge is 2.22. The molecule has 0 radical (unpaired) electrons. The van der Waals surface area contributed by atoms with Gasteiger partial charge in [-0.15, -0.1) is 0 Å². The van der Waals surface area contributed by atoms with Crippen LogP contribution in [0.3, 0.4) is 0 Å². The molecule has 1 N–H and O–H groups in total. The standard InChI is InChI=1S/C11H12FN3O2/c12-8-3-1-4-9(13-8)14-10(16)7-15-6-2-5-11(15)17/h1,3-4H,2,5-7H2,(H,13,14,16). The fourth-order valence-electron chi connectivity index (χ4n) is 1.70. The van der Waals surface area contributed by atoms with Gasteiger partial charge in [0.1, 0.15) is 5.82 Å². The van der Waals surface area contributed by atoms with Crippen LogP contribution in [0.1, 0.15) is 12.8 Å². The maximum atomic E-state index is 12.8. The van der Waals surface area contributed by atoms with Gasteiger partial charge in [-0.05, 0) is 18.6 Å². The lowest BCUT2D eigenvalue weighted by atomic mass is 10.4. The molecule has 90 valence electrons. The summed E-state index contributed by atoms with van der Waals surface area (Å²) in [5, 5.41) is 2.45. The van der Waals surface area contributed by atoms with E-state index in [1.54, 1.807) is 0 Å². The Morgan fingerprint density at radius 3 is 3.00 bits per heavy atom. The van der Waals surface area contributed by atoms with E-state index in [0.29, 0.717) is 13.0 Å². The molecule has 1 aromatic heterocycles. The van der Waals surface area contributed by atoms with Crippen molar-refractivity contribution in [2.24, 2.45) is 0 Å². The zero-order chi connectivity index (χ0) is 12.3. The van der Waals surface area contributed by atoms with Crippen LogP contribution in [0.15, 0.2) is 18.2 Å². The molecule has 17 heavy (non-hydrogen) atoms. The van der Waals surface area contributed by atoms with Gasteiger partial charge in [0, 0.05) is 13.0 Å². The second-order valence-corrected chi connectivity index (χ2v) is 3.81. The first-order valence-corrected chi connectivity index (χ1v) is 5.35. The predicted octanol–water partition coefficient (Wildman–Crippen LogP) is 0.782. The minimum Gasteiger partial charge on any atom is -0.333 e. The highest BCUT2D eigenvalue weighted by molar-refractivity contribution is 5.94. The molecule has 1 fully saturated rings. The third kappa shape index (κ3) is 2.99. The quantitative estimate of drug-likeness (QED) is 0.790. The number of carbonyl (C=O) groups excluding carboxylic acids is 2. The maximum Gasteiger partial charge on any atom is 0.245 e. The van der Waals surface area contributed by atoms with Crippen molar-refractivity contribution in [3.05, 3.63) is 24.1 Å². The van der Waals surface area contributed by atoms with Crippen molar-refractivity contribution in [1.82, 2.24) is 9.88 Å². The molecule has 5 nitrogen and oxygen atoms in total. The molecule has 2 heterocycles. The Balaban J connectivity index is 1.91. The third-order valence-corrected chi connectivity index (χ3v) is 2.49. The van der Waals surface area contributed by atoms with Crippen molar-refractivity contribution in [2.45, 2.75) is 12.8 Å². The molecular formula is C11H12FN3O2. The predicted molar refractivity (Wildman–Crippen MR) is 58.6 cm³/mol. The number of rotatable bonds is 3. The summed E-state index contributed by atoms with van der Waals surface area (Å²) < 4.78 is 12.8. The lowest BCUT2D eigenvalue weighted by molar-refractivity contribution is -0.131. The number of pyridine rings is 1. The van der Waals surface area contributed by atoms with Gasteiger partial charge in [0.05, 0.1) is 6.54 Å². The van der Waals surface area contributed by atoms with Gasteiger partial charge in [-0.1, -0.05) is 6.07 Å². The van der Waals surface area contributed by atoms with E-state index in [1.165, 1.54) is 23.1 Å². The summed E-state index contributed by atoms with van der Waals surface area (Å²) in [5.74, 6) is -0.882. The lowest BCUT2D eigenvalue weighted by Crippen LogP contribution is -2.34. The van der Waals surface area contributed by atoms with Crippen LogP contribution in [0.4, 0.5) is 10.2 Å². The number of likely N-dealkylation sites (tertiary alicyclic amines) is 1. The number of halogens is 1. The smallest absolute Gasteiger partial charge is 0.245 e. The normalized spacial score (nSPS) is 15.1. The molecule has 1 aromatic rings. The van der Waals surface area contributed by atoms with E-state index in [2.05, 4.69) is 10.3 Å². The number of carbonyl (C=O) groups is 2. The molecule has 0 bridgehead atoms. The number of aromatic nitrogens is 1. The van der Waals surface area contributed by atoms with Crippen LogP contribution in [0, 0.1) is 5.95 Å².